The summed E-state index contributed by atoms with van der Waals surface area (Å²) in [6.07, 6.45) is 3.54. The van der Waals surface area contributed by atoms with Gasteiger partial charge in [0, 0.05) is 25.2 Å². The predicted octanol–water partition coefficient (Wildman–Crippen LogP) is 2.20. The van der Waals surface area contributed by atoms with Crippen LogP contribution in [0, 0.1) is 0 Å². The zero-order chi connectivity index (χ0) is 16.1. The quantitative estimate of drug-likeness (QED) is 0.743. The van der Waals surface area contributed by atoms with Gasteiger partial charge in [-0.3, -0.25) is 0 Å². The molecule has 0 saturated carbocycles. The molecule has 126 valence electrons. The van der Waals surface area contributed by atoms with Gasteiger partial charge in [0.25, 0.3) is 0 Å². The summed E-state index contributed by atoms with van der Waals surface area (Å²) in [5.41, 5.74) is 0.250. The molecule has 1 N–H and O–H groups in total. The Labute approximate surface area is 132 Å². The standard InChI is InChI=1S/C17H37N3O/c1-8-20-11-9-17(10-12-20,19(5)6)14-18-15(2)13-16(3,4)21-7/h15,18H,8-14H2,1-7H3/t15-/m0/s1. The Kier molecular flexibility index (Phi) is 7.11. The summed E-state index contributed by atoms with van der Waals surface area (Å²) in [5.74, 6) is 0. The van der Waals surface area contributed by atoms with E-state index in [0.29, 0.717) is 11.6 Å². The van der Waals surface area contributed by atoms with E-state index in [4.69, 9.17) is 4.74 Å². The molecular weight excluding hydrogens is 262 g/mol. The first kappa shape index (κ1) is 18.9. The molecule has 1 saturated heterocycles. The van der Waals surface area contributed by atoms with E-state index in [1.54, 1.807) is 7.11 Å². The molecule has 4 heteroatoms. The highest BCUT2D eigenvalue weighted by Crippen LogP contribution is 2.27. The van der Waals surface area contributed by atoms with Gasteiger partial charge in [0.1, 0.15) is 0 Å². The smallest absolute Gasteiger partial charge is 0.0637 e. The summed E-state index contributed by atoms with van der Waals surface area (Å²) in [7, 11) is 6.26. The Morgan fingerprint density at radius 1 is 1.29 bits per heavy atom. The number of likely N-dealkylation sites (N-methyl/N-ethyl adjacent to an activating group) is 1. The van der Waals surface area contributed by atoms with Crippen LogP contribution >= 0.6 is 0 Å². The molecule has 0 spiro atoms. The molecule has 0 bridgehead atoms. The summed E-state index contributed by atoms with van der Waals surface area (Å²) in [4.78, 5) is 4.99. The van der Waals surface area contributed by atoms with Crippen molar-refractivity contribution in [3.8, 4) is 0 Å². The van der Waals surface area contributed by atoms with E-state index in [9.17, 15) is 0 Å². The average Bonchev–Trinajstić information content (AvgIpc) is 2.45. The maximum Gasteiger partial charge on any atom is 0.0637 e. The van der Waals surface area contributed by atoms with Crippen molar-refractivity contribution in [1.29, 1.82) is 0 Å². The largest absolute Gasteiger partial charge is 0.379 e. The van der Waals surface area contributed by atoms with Crippen LogP contribution in [-0.4, -0.2) is 74.4 Å². The molecule has 1 aliphatic heterocycles. The minimum atomic E-state index is -0.0523. The third-order valence-corrected chi connectivity index (χ3v) is 5.31. The van der Waals surface area contributed by atoms with Crippen molar-refractivity contribution in [3.63, 3.8) is 0 Å². The normalized spacial score (nSPS) is 21.7. The molecule has 4 nitrogen and oxygen atoms in total. The molecule has 0 radical (unpaired) electrons. The number of likely N-dealkylation sites (tertiary alicyclic amines) is 1. The fraction of sp³-hybridized carbons (Fsp3) is 1.00. The zero-order valence-corrected chi connectivity index (χ0v) is 15.3. The number of methoxy groups -OCH3 is 1. The van der Waals surface area contributed by atoms with Gasteiger partial charge in [0.2, 0.25) is 0 Å². The third-order valence-electron chi connectivity index (χ3n) is 5.31. The summed E-state index contributed by atoms with van der Waals surface area (Å²) < 4.78 is 5.54. The molecular formula is C17H37N3O. The van der Waals surface area contributed by atoms with Crippen molar-refractivity contribution in [1.82, 2.24) is 15.1 Å². The lowest BCUT2D eigenvalue weighted by molar-refractivity contribution is 0.00505. The Morgan fingerprint density at radius 3 is 2.29 bits per heavy atom. The van der Waals surface area contributed by atoms with Gasteiger partial charge < -0.3 is 19.9 Å². The number of nitrogens with zero attached hydrogens (tertiary/aromatic N) is 2. The zero-order valence-electron chi connectivity index (χ0n) is 15.3. The highest BCUT2D eigenvalue weighted by Gasteiger charge is 2.36. The number of piperidine rings is 1. The lowest BCUT2D eigenvalue weighted by Gasteiger charge is -2.47. The van der Waals surface area contributed by atoms with Crippen LogP contribution in [0.15, 0.2) is 0 Å². The van der Waals surface area contributed by atoms with E-state index in [1.807, 2.05) is 0 Å². The molecule has 21 heavy (non-hydrogen) atoms. The number of nitrogens with one attached hydrogen (secondary N) is 1. The van der Waals surface area contributed by atoms with Gasteiger partial charge in [-0.15, -0.1) is 0 Å². The van der Waals surface area contributed by atoms with E-state index in [-0.39, 0.29) is 5.60 Å². The van der Waals surface area contributed by atoms with Crippen molar-refractivity contribution in [3.05, 3.63) is 0 Å². The van der Waals surface area contributed by atoms with E-state index >= 15 is 0 Å². The second kappa shape index (κ2) is 7.91. The Hall–Kier alpha value is -0.160. The van der Waals surface area contributed by atoms with Crippen molar-refractivity contribution < 1.29 is 4.74 Å². The summed E-state index contributed by atoms with van der Waals surface area (Å²) >= 11 is 0. The molecule has 0 aromatic rings. The molecule has 0 aliphatic carbocycles. The Morgan fingerprint density at radius 2 is 1.86 bits per heavy atom. The average molecular weight is 300 g/mol. The van der Waals surface area contributed by atoms with Crippen molar-refractivity contribution in [2.45, 2.75) is 64.1 Å². The van der Waals surface area contributed by atoms with Gasteiger partial charge >= 0.3 is 0 Å². The molecule has 1 fully saturated rings. The van der Waals surface area contributed by atoms with Gasteiger partial charge in [-0.1, -0.05) is 6.92 Å². The molecule has 1 rings (SSSR count). The van der Waals surface area contributed by atoms with Gasteiger partial charge in [0.05, 0.1) is 5.60 Å². The third kappa shape index (κ3) is 5.51. The monoisotopic (exact) mass is 299 g/mol. The summed E-state index contributed by atoms with van der Waals surface area (Å²) in [6, 6.07) is 0.473. The van der Waals surface area contributed by atoms with Crippen LogP contribution in [0.1, 0.15) is 47.0 Å². The maximum atomic E-state index is 5.54. The van der Waals surface area contributed by atoms with Crippen LogP contribution in [0.3, 0.4) is 0 Å². The van der Waals surface area contributed by atoms with Gasteiger partial charge in [-0.05, 0) is 73.8 Å². The predicted molar refractivity (Wildman–Crippen MR) is 90.9 cm³/mol. The fourth-order valence-corrected chi connectivity index (χ4v) is 3.32. The van der Waals surface area contributed by atoms with Gasteiger partial charge in [-0.2, -0.15) is 0 Å². The molecule has 0 unspecified atom stereocenters. The number of hydrogen-bond acceptors (Lipinski definition) is 4. The van der Waals surface area contributed by atoms with E-state index in [2.05, 4.69) is 56.9 Å². The Bertz CT molecular complexity index is 296. The van der Waals surface area contributed by atoms with Crippen LogP contribution in [0.5, 0.6) is 0 Å². The van der Waals surface area contributed by atoms with Crippen LogP contribution in [0.4, 0.5) is 0 Å². The molecule has 1 atom stereocenters. The first-order valence-corrected chi connectivity index (χ1v) is 8.43. The molecule has 1 aliphatic rings. The molecule has 0 aromatic heterocycles. The fourth-order valence-electron chi connectivity index (χ4n) is 3.32. The van der Waals surface area contributed by atoms with Crippen LogP contribution in [0.25, 0.3) is 0 Å². The van der Waals surface area contributed by atoms with Crippen LogP contribution in [-0.2, 0) is 4.74 Å². The van der Waals surface area contributed by atoms with Crippen LogP contribution in [0.2, 0.25) is 0 Å². The topological polar surface area (TPSA) is 27.7 Å². The molecule has 1 heterocycles. The Balaban J connectivity index is 2.52. The number of ether oxygens (including phenoxy) is 1. The maximum absolute atomic E-state index is 5.54. The minimum absolute atomic E-state index is 0.0523. The summed E-state index contributed by atoms with van der Waals surface area (Å²) in [5, 5.41) is 3.76. The second-order valence-electron chi connectivity index (χ2n) is 7.50. The first-order valence-electron chi connectivity index (χ1n) is 8.43. The van der Waals surface area contributed by atoms with E-state index in [0.717, 1.165) is 13.0 Å². The van der Waals surface area contributed by atoms with Crippen molar-refractivity contribution in [2.24, 2.45) is 0 Å². The number of rotatable bonds is 8. The van der Waals surface area contributed by atoms with E-state index in [1.165, 1.54) is 32.5 Å². The summed E-state index contributed by atoms with van der Waals surface area (Å²) in [6.45, 7) is 13.5. The molecule has 0 aromatic carbocycles. The SMILES string of the molecule is CCN1CCC(CN[C@@H](C)CC(C)(C)OC)(N(C)C)CC1. The first-order chi connectivity index (χ1) is 9.74. The van der Waals surface area contributed by atoms with Gasteiger partial charge in [0.15, 0.2) is 0 Å². The highest BCUT2D eigenvalue weighted by atomic mass is 16.5. The van der Waals surface area contributed by atoms with Gasteiger partial charge in [-0.25, -0.2) is 0 Å². The van der Waals surface area contributed by atoms with Crippen molar-refractivity contribution >= 4 is 0 Å². The van der Waals surface area contributed by atoms with Crippen molar-refractivity contribution in [2.75, 3.05) is 47.4 Å². The van der Waals surface area contributed by atoms with Crippen LogP contribution < -0.4 is 5.32 Å². The second-order valence-corrected chi connectivity index (χ2v) is 7.50. The highest BCUT2D eigenvalue weighted by molar-refractivity contribution is 4.95. The van der Waals surface area contributed by atoms with E-state index < -0.39 is 0 Å². The number of hydrogen-bond donors (Lipinski definition) is 1. The lowest BCUT2D eigenvalue weighted by Crippen LogP contribution is -2.58. The lowest BCUT2D eigenvalue weighted by atomic mass is 9.85. The minimum Gasteiger partial charge on any atom is -0.379 e. The molecule has 0 amide bonds.